The monoisotopic (exact) mass is 336 g/mol. The van der Waals surface area contributed by atoms with E-state index >= 15 is 0 Å². The molecule has 7 heteroatoms. The summed E-state index contributed by atoms with van der Waals surface area (Å²) in [6, 6.07) is 5.71. The predicted molar refractivity (Wildman–Crippen MR) is 78.3 cm³/mol. The first-order valence-corrected chi connectivity index (χ1v) is 6.74. The summed E-state index contributed by atoms with van der Waals surface area (Å²) in [4.78, 5) is 12.4. The fourth-order valence-electron chi connectivity index (χ4n) is 1.92. The molecule has 0 saturated carbocycles. The number of benzene rings is 1. The van der Waals surface area contributed by atoms with Gasteiger partial charge in [-0.1, -0.05) is 22.0 Å². The van der Waals surface area contributed by atoms with Gasteiger partial charge in [0, 0.05) is 16.9 Å². The van der Waals surface area contributed by atoms with Crippen LogP contribution in [0.2, 0.25) is 0 Å². The van der Waals surface area contributed by atoms with Crippen LogP contribution in [-0.2, 0) is 0 Å². The van der Waals surface area contributed by atoms with Gasteiger partial charge in [-0.15, -0.1) is 22.8 Å². The standard InChI is InChI=1S/C12H9BrN4OS/c1-7-8(13)3-2-4-9(7)16-5-6-17-10(11(16)18)14-15-12(17)19/h2-6H,1H3,(H,15,19). The minimum atomic E-state index is -0.225. The first kappa shape index (κ1) is 12.4. The summed E-state index contributed by atoms with van der Waals surface area (Å²) >= 11 is 7.60. The van der Waals surface area contributed by atoms with E-state index in [1.807, 2.05) is 25.1 Å². The molecule has 0 fully saturated rings. The van der Waals surface area contributed by atoms with E-state index in [0.29, 0.717) is 5.16 Å². The SMILES string of the molecule is Cc1c(Br)cccc1-n1ccn2c(S)nnc2c1=O. The Labute approximate surface area is 122 Å². The highest BCUT2D eigenvalue weighted by atomic mass is 79.9. The van der Waals surface area contributed by atoms with Gasteiger partial charge in [-0.25, -0.2) is 0 Å². The van der Waals surface area contributed by atoms with Gasteiger partial charge in [-0.05, 0) is 24.6 Å². The van der Waals surface area contributed by atoms with Crippen LogP contribution in [0.25, 0.3) is 11.3 Å². The lowest BCUT2D eigenvalue weighted by atomic mass is 10.2. The highest BCUT2D eigenvalue weighted by molar-refractivity contribution is 9.10. The van der Waals surface area contributed by atoms with Gasteiger partial charge in [0.15, 0.2) is 5.16 Å². The first-order valence-electron chi connectivity index (χ1n) is 5.50. The van der Waals surface area contributed by atoms with E-state index in [-0.39, 0.29) is 11.2 Å². The van der Waals surface area contributed by atoms with Crippen molar-refractivity contribution in [2.45, 2.75) is 12.1 Å². The fraction of sp³-hybridized carbons (Fsp3) is 0.0833. The largest absolute Gasteiger partial charge is 0.300 e. The van der Waals surface area contributed by atoms with Crippen molar-refractivity contribution >= 4 is 34.2 Å². The van der Waals surface area contributed by atoms with Crippen LogP contribution in [0.4, 0.5) is 0 Å². The number of aromatic nitrogens is 4. The number of hydrogen-bond donors (Lipinski definition) is 1. The Morgan fingerprint density at radius 3 is 2.84 bits per heavy atom. The lowest BCUT2D eigenvalue weighted by molar-refractivity contribution is 0.894. The van der Waals surface area contributed by atoms with E-state index in [9.17, 15) is 4.79 Å². The van der Waals surface area contributed by atoms with Gasteiger partial charge in [0.1, 0.15) is 0 Å². The molecule has 0 saturated heterocycles. The summed E-state index contributed by atoms with van der Waals surface area (Å²) in [5.74, 6) is 0. The number of fused-ring (bicyclic) bond motifs is 1. The number of hydrogen-bond acceptors (Lipinski definition) is 4. The lowest BCUT2D eigenvalue weighted by Crippen LogP contribution is -2.20. The maximum absolute atomic E-state index is 12.4. The third-order valence-electron chi connectivity index (χ3n) is 2.95. The van der Waals surface area contributed by atoms with Crippen molar-refractivity contribution < 1.29 is 0 Å². The van der Waals surface area contributed by atoms with Gasteiger partial charge >= 0.3 is 5.56 Å². The summed E-state index contributed by atoms with van der Waals surface area (Å²) in [5, 5.41) is 8.03. The molecule has 0 radical (unpaired) electrons. The second kappa shape index (κ2) is 4.50. The van der Waals surface area contributed by atoms with Crippen LogP contribution < -0.4 is 5.56 Å². The van der Waals surface area contributed by atoms with Crippen molar-refractivity contribution in [3.63, 3.8) is 0 Å². The molecule has 19 heavy (non-hydrogen) atoms. The molecule has 96 valence electrons. The molecule has 0 unspecified atom stereocenters. The molecule has 0 aliphatic carbocycles. The van der Waals surface area contributed by atoms with Crippen LogP contribution in [0.15, 0.2) is 45.0 Å². The van der Waals surface area contributed by atoms with E-state index in [2.05, 4.69) is 38.8 Å². The summed E-state index contributed by atoms with van der Waals surface area (Å²) in [5.41, 5.74) is 1.83. The van der Waals surface area contributed by atoms with Crippen LogP contribution in [-0.4, -0.2) is 19.2 Å². The molecule has 0 aliphatic rings. The zero-order chi connectivity index (χ0) is 13.6. The maximum atomic E-state index is 12.4. The molecule has 2 aromatic heterocycles. The normalized spacial score (nSPS) is 11.1. The molecule has 0 amide bonds. The number of thiol groups is 1. The Morgan fingerprint density at radius 2 is 2.05 bits per heavy atom. The van der Waals surface area contributed by atoms with Crippen molar-refractivity contribution in [3.8, 4) is 5.69 Å². The quantitative estimate of drug-likeness (QED) is 0.693. The molecule has 3 aromatic rings. The van der Waals surface area contributed by atoms with Crippen LogP contribution >= 0.6 is 28.6 Å². The van der Waals surface area contributed by atoms with Gasteiger partial charge in [0.2, 0.25) is 5.65 Å². The molecule has 0 aliphatic heterocycles. The Bertz CT molecular complexity index is 839. The van der Waals surface area contributed by atoms with Crippen molar-refractivity contribution in [1.29, 1.82) is 0 Å². The average Bonchev–Trinajstić information content (AvgIpc) is 2.77. The maximum Gasteiger partial charge on any atom is 0.300 e. The number of halogens is 1. The Hall–Kier alpha value is -1.60. The zero-order valence-corrected chi connectivity index (χ0v) is 12.4. The number of nitrogens with zero attached hydrogens (tertiary/aromatic N) is 4. The second-order valence-corrected chi connectivity index (χ2v) is 5.31. The van der Waals surface area contributed by atoms with Crippen LogP contribution in [0.5, 0.6) is 0 Å². The number of rotatable bonds is 1. The molecule has 5 nitrogen and oxygen atoms in total. The van der Waals surface area contributed by atoms with Gasteiger partial charge < -0.3 is 0 Å². The van der Waals surface area contributed by atoms with Crippen molar-refractivity contribution in [1.82, 2.24) is 19.2 Å². The molecule has 0 atom stereocenters. The summed E-state index contributed by atoms with van der Waals surface area (Å²) in [6.45, 7) is 1.95. The second-order valence-electron chi connectivity index (χ2n) is 4.05. The molecule has 0 bridgehead atoms. The predicted octanol–water partition coefficient (Wildman–Crippen LogP) is 2.24. The van der Waals surface area contributed by atoms with Gasteiger partial charge in [-0.2, -0.15) is 0 Å². The molecular weight excluding hydrogens is 328 g/mol. The van der Waals surface area contributed by atoms with Crippen LogP contribution in [0.1, 0.15) is 5.56 Å². The Morgan fingerprint density at radius 1 is 1.26 bits per heavy atom. The highest BCUT2D eigenvalue weighted by Crippen LogP contribution is 2.21. The van der Waals surface area contributed by atoms with Crippen molar-refractivity contribution in [3.05, 3.63) is 51.0 Å². The topological polar surface area (TPSA) is 52.2 Å². The Kier molecular flexibility index (Phi) is 2.94. The van der Waals surface area contributed by atoms with Gasteiger partial charge in [-0.3, -0.25) is 13.8 Å². The van der Waals surface area contributed by atoms with E-state index in [0.717, 1.165) is 15.7 Å². The highest BCUT2D eigenvalue weighted by Gasteiger charge is 2.11. The first-order chi connectivity index (χ1) is 9.09. The molecule has 0 N–H and O–H groups in total. The lowest BCUT2D eigenvalue weighted by Gasteiger charge is -2.10. The minimum absolute atomic E-state index is 0.225. The van der Waals surface area contributed by atoms with Gasteiger partial charge in [0.25, 0.3) is 0 Å². The van der Waals surface area contributed by atoms with Crippen molar-refractivity contribution in [2.24, 2.45) is 0 Å². The zero-order valence-electron chi connectivity index (χ0n) is 9.91. The molecular formula is C12H9BrN4OS. The third kappa shape index (κ3) is 1.89. The van der Waals surface area contributed by atoms with Gasteiger partial charge in [0.05, 0.1) is 5.69 Å². The Balaban J connectivity index is 2.35. The summed E-state index contributed by atoms with van der Waals surface area (Å²) in [6.07, 6.45) is 3.41. The third-order valence-corrected chi connectivity index (χ3v) is 4.12. The molecule has 0 spiro atoms. The van der Waals surface area contributed by atoms with E-state index in [1.54, 1.807) is 21.4 Å². The summed E-state index contributed by atoms with van der Waals surface area (Å²) in [7, 11) is 0. The van der Waals surface area contributed by atoms with E-state index in [4.69, 9.17) is 0 Å². The minimum Gasteiger partial charge on any atom is -0.279 e. The molecule has 1 aromatic carbocycles. The van der Waals surface area contributed by atoms with Crippen molar-refractivity contribution in [2.75, 3.05) is 0 Å². The molecule has 2 heterocycles. The fourth-order valence-corrected chi connectivity index (χ4v) is 2.48. The average molecular weight is 337 g/mol. The van der Waals surface area contributed by atoms with Crippen LogP contribution in [0.3, 0.4) is 0 Å². The van der Waals surface area contributed by atoms with E-state index < -0.39 is 0 Å². The van der Waals surface area contributed by atoms with E-state index in [1.165, 1.54) is 0 Å². The summed E-state index contributed by atoms with van der Waals surface area (Å²) < 4.78 is 4.06. The molecule has 3 rings (SSSR count). The van der Waals surface area contributed by atoms with Crippen LogP contribution in [0, 0.1) is 6.92 Å². The smallest absolute Gasteiger partial charge is 0.279 e.